The number of carbonyl (C=O) groups excluding carboxylic acids is 2. The first kappa shape index (κ1) is 62.1. The number of unbranched alkanes of at least 4 members (excludes halogenated alkanes) is 37. The minimum atomic E-state index is -0.842. The summed E-state index contributed by atoms with van der Waals surface area (Å²) in [5, 5.41) is 23.0. The molecule has 0 fully saturated rings. The summed E-state index contributed by atoms with van der Waals surface area (Å²) in [6, 6.07) is -0.626. The van der Waals surface area contributed by atoms with Crippen LogP contribution in [0.4, 0.5) is 0 Å². The highest BCUT2D eigenvalue weighted by atomic mass is 16.5. The van der Waals surface area contributed by atoms with Gasteiger partial charge in [0.1, 0.15) is 0 Å². The number of aliphatic hydroxyl groups is 2. The normalized spacial score (nSPS) is 12.9. The first-order chi connectivity index (χ1) is 31.5. The lowest BCUT2D eigenvalue weighted by atomic mass is 10.0. The highest BCUT2D eigenvalue weighted by Gasteiger charge is 2.18. The van der Waals surface area contributed by atoms with Gasteiger partial charge in [-0.15, -0.1) is 0 Å². The molecule has 0 aliphatic carbocycles. The zero-order valence-corrected chi connectivity index (χ0v) is 42.8. The zero-order valence-electron chi connectivity index (χ0n) is 42.8. The Hall–Kier alpha value is -1.92. The Morgan fingerprint density at radius 1 is 0.438 bits per heavy atom. The predicted molar refractivity (Wildman–Crippen MR) is 278 cm³/mol. The summed E-state index contributed by atoms with van der Waals surface area (Å²) < 4.78 is 5.46. The molecule has 0 saturated carbocycles. The van der Waals surface area contributed by atoms with Crippen molar-refractivity contribution >= 4 is 11.9 Å². The fourth-order valence-corrected chi connectivity index (χ4v) is 8.55. The fraction of sp³-hybridized carbons (Fsp3) is 0.862. The van der Waals surface area contributed by atoms with Crippen molar-refractivity contribution in [2.45, 2.75) is 309 Å². The molecule has 6 heteroatoms. The number of esters is 1. The van der Waals surface area contributed by atoms with Crippen molar-refractivity contribution in [2.75, 3.05) is 13.2 Å². The molecule has 0 heterocycles. The third-order valence-corrected chi connectivity index (χ3v) is 12.9. The number of aliphatic hydroxyl groups excluding tert-OH is 2. The third kappa shape index (κ3) is 49.5. The Kier molecular flexibility index (Phi) is 52.1. The van der Waals surface area contributed by atoms with Crippen LogP contribution in [-0.4, -0.2) is 47.4 Å². The SMILES string of the molecule is CCC/C=C\C/C=C\CCCCCCCC(=O)OCCCCCCCCCCCCCCCCCCCCCCCCCC(=O)NC(CO)C(O)/C=C/CCCCCCCCCCC. The molecule has 0 bridgehead atoms. The molecule has 0 rings (SSSR count). The summed E-state index contributed by atoms with van der Waals surface area (Å²) in [4.78, 5) is 24.4. The van der Waals surface area contributed by atoms with Crippen molar-refractivity contribution < 1.29 is 24.5 Å². The molecule has 2 atom stereocenters. The lowest BCUT2D eigenvalue weighted by Gasteiger charge is -2.20. The van der Waals surface area contributed by atoms with E-state index in [2.05, 4.69) is 43.5 Å². The minimum absolute atomic E-state index is 0.00197. The Bertz CT molecular complexity index is 1040. The molecular weight excluding hydrogens is 791 g/mol. The lowest BCUT2D eigenvalue weighted by molar-refractivity contribution is -0.143. The molecule has 0 saturated heterocycles. The molecule has 3 N–H and O–H groups in total. The fourth-order valence-electron chi connectivity index (χ4n) is 8.55. The second-order valence-electron chi connectivity index (χ2n) is 19.3. The molecule has 0 aromatic heterocycles. The quantitative estimate of drug-likeness (QED) is 0.0321. The van der Waals surface area contributed by atoms with Crippen LogP contribution in [0.2, 0.25) is 0 Å². The van der Waals surface area contributed by atoms with Crippen molar-refractivity contribution in [2.24, 2.45) is 0 Å². The molecule has 0 radical (unpaired) electrons. The van der Waals surface area contributed by atoms with E-state index in [1.54, 1.807) is 6.08 Å². The molecule has 0 aromatic carbocycles. The van der Waals surface area contributed by atoms with E-state index in [9.17, 15) is 19.8 Å². The van der Waals surface area contributed by atoms with Crippen molar-refractivity contribution in [3.05, 3.63) is 36.5 Å². The Morgan fingerprint density at radius 3 is 1.25 bits per heavy atom. The number of ether oxygens (including phenoxy) is 1. The largest absolute Gasteiger partial charge is 0.466 e. The van der Waals surface area contributed by atoms with Crippen molar-refractivity contribution in [3.8, 4) is 0 Å². The van der Waals surface area contributed by atoms with Crippen LogP contribution >= 0.6 is 0 Å². The van der Waals surface area contributed by atoms with Gasteiger partial charge < -0.3 is 20.3 Å². The monoisotopic (exact) mass is 900 g/mol. The van der Waals surface area contributed by atoms with Crippen LogP contribution in [0.15, 0.2) is 36.5 Å². The molecule has 2 unspecified atom stereocenters. The van der Waals surface area contributed by atoms with Gasteiger partial charge in [-0.3, -0.25) is 9.59 Å². The zero-order chi connectivity index (χ0) is 46.5. The number of carbonyl (C=O) groups is 2. The maximum atomic E-state index is 12.4. The summed E-state index contributed by atoms with van der Waals surface area (Å²) in [6.45, 7) is 4.82. The van der Waals surface area contributed by atoms with Gasteiger partial charge in [-0.05, 0) is 57.8 Å². The molecule has 1 amide bonds. The maximum Gasteiger partial charge on any atom is 0.305 e. The van der Waals surface area contributed by atoms with Crippen molar-refractivity contribution in [1.29, 1.82) is 0 Å². The van der Waals surface area contributed by atoms with Crippen LogP contribution in [-0.2, 0) is 14.3 Å². The van der Waals surface area contributed by atoms with Gasteiger partial charge in [0.05, 0.1) is 25.4 Å². The lowest BCUT2D eigenvalue weighted by Crippen LogP contribution is -2.45. The molecule has 0 aliphatic rings. The summed E-state index contributed by atoms with van der Waals surface area (Å²) in [5.41, 5.74) is 0. The van der Waals surface area contributed by atoms with E-state index in [0.717, 1.165) is 51.4 Å². The Morgan fingerprint density at radius 2 is 0.812 bits per heavy atom. The van der Waals surface area contributed by atoms with Gasteiger partial charge in [-0.25, -0.2) is 0 Å². The maximum absolute atomic E-state index is 12.4. The van der Waals surface area contributed by atoms with E-state index in [4.69, 9.17) is 4.74 Å². The number of nitrogens with one attached hydrogen (secondary N) is 1. The van der Waals surface area contributed by atoms with Gasteiger partial charge >= 0.3 is 5.97 Å². The van der Waals surface area contributed by atoms with Gasteiger partial charge in [0.2, 0.25) is 5.91 Å². The van der Waals surface area contributed by atoms with Crippen LogP contribution in [0.1, 0.15) is 296 Å². The summed E-state index contributed by atoms with van der Waals surface area (Å²) in [6.07, 6.45) is 66.0. The number of amides is 1. The molecule has 64 heavy (non-hydrogen) atoms. The van der Waals surface area contributed by atoms with Crippen molar-refractivity contribution in [1.82, 2.24) is 5.32 Å². The van der Waals surface area contributed by atoms with Crippen molar-refractivity contribution in [3.63, 3.8) is 0 Å². The van der Waals surface area contributed by atoms with E-state index in [-0.39, 0.29) is 18.5 Å². The first-order valence-electron chi connectivity index (χ1n) is 28.3. The molecule has 376 valence electrons. The standard InChI is InChI=1S/C58H109NO5/c1-3-5-7-9-11-13-15-27-32-36-40-44-48-52-58(63)64-53-49-45-41-37-33-29-26-24-22-20-18-16-17-19-21-23-25-28-31-35-39-43-47-51-57(62)59-55(54-60)56(61)50-46-42-38-34-30-14-12-10-8-6-4-2/h7,9,13,15,46,50,55-56,60-61H,3-6,8,10-12,14,16-45,47-49,51-54H2,1-2H3,(H,59,62)/b9-7-,15-13-,50-46+. The molecule has 0 aromatic rings. The smallest absolute Gasteiger partial charge is 0.305 e. The second kappa shape index (κ2) is 53.7. The van der Waals surface area contributed by atoms with Crippen LogP contribution in [0.3, 0.4) is 0 Å². The van der Waals surface area contributed by atoms with Crippen LogP contribution in [0.25, 0.3) is 0 Å². The number of allylic oxidation sites excluding steroid dienone is 5. The number of hydrogen-bond donors (Lipinski definition) is 3. The van der Waals surface area contributed by atoms with Gasteiger partial charge in [0.25, 0.3) is 0 Å². The predicted octanol–water partition coefficient (Wildman–Crippen LogP) is 17.2. The van der Waals surface area contributed by atoms with Gasteiger partial charge in [0, 0.05) is 12.8 Å². The molecule has 6 nitrogen and oxygen atoms in total. The first-order valence-corrected chi connectivity index (χ1v) is 28.3. The number of hydrogen-bond acceptors (Lipinski definition) is 5. The summed E-state index contributed by atoms with van der Waals surface area (Å²) in [7, 11) is 0. The van der Waals surface area contributed by atoms with E-state index < -0.39 is 12.1 Å². The van der Waals surface area contributed by atoms with Gasteiger partial charge in [-0.1, -0.05) is 262 Å². The summed E-state index contributed by atoms with van der Waals surface area (Å²) >= 11 is 0. The molecular formula is C58H109NO5. The Labute approximate surface area is 398 Å². The van der Waals surface area contributed by atoms with E-state index in [0.29, 0.717) is 19.4 Å². The third-order valence-electron chi connectivity index (χ3n) is 12.9. The molecule has 0 spiro atoms. The average molecular weight is 901 g/mol. The minimum Gasteiger partial charge on any atom is -0.466 e. The van der Waals surface area contributed by atoms with Crippen LogP contribution in [0, 0.1) is 0 Å². The van der Waals surface area contributed by atoms with E-state index in [1.807, 2.05) is 6.08 Å². The highest BCUT2D eigenvalue weighted by Crippen LogP contribution is 2.17. The van der Waals surface area contributed by atoms with Gasteiger partial charge in [-0.2, -0.15) is 0 Å². The Balaban J connectivity index is 3.38. The highest BCUT2D eigenvalue weighted by molar-refractivity contribution is 5.76. The van der Waals surface area contributed by atoms with Crippen LogP contribution in [0.5, 0.6) is 0 Å². The second-order valence-corrected chi connectivity index (χ2v) is 19.3. The average Bonchev–Trinajstić information content (AvgIpc) is 3.29. The van der Waals surface area contributed by atoms with E-state index >= 15 is 0 Å². The summed E-state index contributed by atoms with van der Waals surface area (Å²) in [5.74, 6) is -0.0709. The van der Waals surface area contributed by atoms with Gasteiger partial charge in [0.15, 0.2) is 0 Å². The van der Waals surface area contributed by atoms with Crippen LogP contribution < -0.4 is 5.32 Å². The number of rotatable bonds is 52. The van der Waals surface area contributed by atoms with E-state index in [1.165, 1.54) is 218 Å². The topological polar surface area (TPSA) is 95.9 Å². The molecule has 0 aliphatic heterocycles.